The molecular formula is C21H22Cl3O3P. The highest BCUT2D eigenvalue weighted by Gasteiger charge is 2.43. The van der Waals surface area contributed by atoms with Crippen LogP contribution in [-0.2, 0) is 4.57 Å². The van der Waals surface area contributed by atoms with Gasteiger partial charge in [0.15, 0.2) is 0 Å². The molecule has 1 atom stereocenters. The summed E-state index contributed by atoms with van der Waals surface area (Å²) in [4.78, 5) is 26.8. The van der Waals surface area contributed by atoms with Crippen molar-refractivity contribution in [2.75, 3.05) is 6.16 Å². The van der Waals surface area contributed by atoms with Gasteiger partial charge in [0.05, 0.1) is 15.6 Å². The molecular weight excluding hydrogens is 438 g/mol. The molecule has 2 aromatic carbocycles. The van der Waals surface area contributed by atoms with E-state index in [1.807, 2.05) is 32.9 Å². The van der Waals surface area contributed by atoms with Gasteiger partial charge in [0.25, 0.3) is 0 Å². The molecule has 150 valence electrons. The molecule has 0 saturated heterocycles. The van der Waals surface area contributed by atoms with Crippen molar-refractivity contribution in [3.8, 4) is 0 Å². The average molecular weight is 460 g/mol. The Morgan fingerprint density at radius 1 is 0.857 bits per heavy atom. The Morgan fingerprint density at radius 3 is 1.71 bits per heavy atom. The van der Waals surface area contributed by atoms with Gasteiger partial charge >= 0.3 is 0 Å². The van der Waals surface area contributed by atoms with Crippen LogP contribution < -0.4 is 0 Å². The molecule has 1 unspecified atom stereocenters. The third kappa shape index (κ3) is 4.54. The first-order chi connectivity index (χ1) is 12.9. The Kier molecular flexibility index (Phi) is 7.21. The molecule has 0 aliphatic carbocycles. The molecule has 0 fully saturated rings. The number of benzene rings is 2. The monoisotopic (exact) mass is 458 g/mol. The van der Waals surface area contributed by atoms with E-state index in [-0.39, 0.29) is 32.7 Å². The van der Waals surface area contributed by atoms with E-state index in [1.165, 1.54) is 12.1 Å². The second-order valence-corrected chi connectivity index (χ2v) is 11.4. The SMILES string of the molecule is Cc1cc(C)c(C(=O)P(=O)(CC(C)C)C(=O)c2c(Cl)cc(Cl)cc2Cl)c(C)c1. The van der Waals surface area contributed by atoms with Gasteiger partial charge in [-0.1, -0.05) is 66.3 Å². The maximum Gasteiger partial charge on any atom is 0.231 e. The van der Waals surface area contributed by atoms with Crippen molar-refractivity contribution < 1.29 is 14.2 Å². The molecule has 28 heavy (non-hydrogen) atoms. The minimum absolute atomic E-state index is 0.0170. The summed E-state index contributed by atoms with van der Waals surface area (Å²) in [5, 5.41) is 0.218. The Bertz CT molecular complexity index is 892. The quantitative estimate of drug-likeness (QED) is 0.418. The van der Waals surface area contributed by atoms with Gasteiger partial charge in [0.1, 0.15) is 0 Å². The maximum absolute atomic E-state index is 14.0. The lowest BCUT2D eigenvalue weighted by atomic mass is 10.0. The van der Waals surface area contributed by atoms with E-state index in [1.54, 1.807) is 13.8 Å². The van der Waals surface area contributed by atoms with Crippen LogP contribution in [0, 0.1) is 26.7 Å². The third-order valence-electron chi connectivity index (χ3n) is 4.39. The summed E-state index contributed by atoms with van der Waals surface area (Å²) in [5.74, 6) is -0.144. The summed E-state index contributed by atoms with van der Waals surface area (Å²) in [7, 11) is -4.03. The molecule has 0 aromatic heterocycles. The lowest BCUT2D eigenvalue weighted by Gasteiger charge is -2.21. The van der Waals surface area contributed by atoms with Crippen LogP contribution in [0.3, 0.4) is 0 Å². The molecule has 2 rings (SSSR count). The van der Waals surface area contributed by atoms with Gasteiger partial charge in [-0.3, -0.25) is 9.59 Å². The van der Waals surface area contributed by atoms with Crippen molar-refractivity contribution in [1.29, 1.82) is 0 Å². The smallest absolute Gasteiger partial charge is 0.231 e. The summed E-state index contributed by atoms with van der Waals surface area (Å²) in [6.45, 7) is 9.10. The number of rotatable bonds is 6. The topological polar surface area (TPSA) is 51.2 Å². The molecule has 0 saturated carbocycles. The first-order valence-electron chi connectivity index (χ1n) is 8.79. The Hall–Kier alpha value is -1.12. The van der Waals surface area contributed by atoms with E-state index in [9.17, 15) is 14.2 Å². The molecule has 2 aromatic rings. The van der Waals surface area contributed by atoms with Crippen molar-refractivity contribution >= 4 is 53.0 Å². The van der Waals surface area contributed by atoms with Gasteiger partial charge in [0, 0.05) is 16.7 Å². The second kappa shape index (κ2) is 8.71. The lowest BCUT2D eigenvalue weighted by Crippen LogP contribution is -2.18. The van der Waals surface area contributed by atoms with E-state index in [4.69, 9.17) is 34.8 Å². The molecule has 0 heterocycles. The van der Waals surface area contributed by atoms with Crippen molar-refractivity contribution in [2.24, 2.45) is 5.92 Å². The van der Waals surface area contributed by atoms with Gasteiger partial charge in [-0.05, 0) is 49.9 Å². The Balaban J connectivity index is 2.71. The maximum atomic E-state index is 14.0. The highest BCUT2D eigenvalue weighted by atomic mass is 35.5. The summed E-state index contributed by atoms with van der Waals surface area (Å²) < 4.78 is 14.0. The largest absolute Gasteiger partial charge is 0.307 e. The minimum atomic E-state index is -4.03. The van der Waals surface area contributed by atoms with Crippen LogP contribution in [0.5, 0.6) is 0 Å². The average Bonchev–Trinajstić information content (AvgIpc) is 2.51. The molecule has 3 nitrogen and oxygen atoms in total. The first-order valence-corrected chi connectivity index (χ1v) is 11.8. The number of hydrogen-bond donors (Lipinski definition) is 0. The zero-order valence-corrected chi connectivity index (χ0v) is 19.6. The lowest BCUT2D eigenvalue weighted by molar-refractivity contribution is 0.103. The van der Waals surface area contributed by atoms with Crippen LogP contribution in [0.2, 0.25) is 15.1 Å². The van der Waals surface area contributed by atoms with Gasteiger partial charge < -0.3 is 4.57 Å². The first kappa shape index (κ1) is 23.2. The minimum Gasteiger partial charge on any atom is -0.307 e. The molecule has 0 aliphatic heterocycles. The van der Waals surface area contributed by atoms with Gasteiger partial charge in [-0.15, -0.1) is 0 Å². The van der Waals surface area contributed by atoms with Crippen molar-refractivity contribution in [3.63, 3.8) is 0 Å². The van der Waals surface area contributed by atoms with Crippen LogP contribution >= 0.6 is 41.9 Å². The highest BCUT2D eigenvalue weighted by Crippen LogP contribution is 2.55. The molecule has 0 amide bonds. The highest BCUT2D eigenvalue weighted by molar-refractivity contribution is 7.95. The van der Waals surface area contributed by atoms with Gasteiger partial charge in [-0.2, -0.15) is 0 Å². The summed E-state index contributed by atoms with van der Waals surface area (Å²) in [6, 6.07) is 6.39. The predicted octanol–water partition coefficient (Wildman–Crippen LogP) is 7.57. The van der Waals surface area contributed by atoms with Crippen molar-refractivity contribution in [3.05, 3.63) is 67.2 Å². The normalized spacial score (nSPS) is 13.5. The zero-order chi connectivity index (χ0) is 21.4. The van der Waals surface area contributed by atoms with Crippen LogP contribution in [0.25, 0.3) is 0 Å². The molecule has 0 radical (unpaired) electrons. The van der Waals surface area contributed by atoms with Crippen molar-refractivity contribution in [2.45, 2.75) is 34.6 Å². The summed E-state index contributed by atoms with van der Waals surface area (Å²) >= 11 is 18.3. The van der Waals surface area contributed by atoms with E-state index in [0.29, 0.717) is 16.7 Å². The molecule has 0 spiro atoms. The number of aryl methyl sites for hydroxylation is 3. The number of carbonyl (C=O) groups excluding carboxylic acids is 2. The van der Waals surface area contributed by atoms with E-state index < -0.39 is 18.2 Å². The van der Waals surface area contributed by atoms with Gasteiger partial charge in [0.2, 0.25) is 18.2 Å². The molecule has 7 heteroatoms. The fraction of sp³-hybridized carbons (Fsp3) is 0.333. The number of hydrogen-bond acceptors (Lipinski definition) is 3. The van der Waals surface area contributed by atoms with Crippen molar-refractivity contribution in [1.82, 2.24) is 0 Å². The van der Waals surface area contributed by atoms with Gasteiger partial charge in [-0.25, -0.2) is 0 Å². The second-order valence-electron chi connectivity index (χ2n) is 7.44. The van der Waals surface area contributed by atoms with Crippen LogP contribution in [0.1, 0.15) is 51.3 Å². The fourth-order valence-electron chi connectivity index (χ4n) is 3.40. The Labute approximate surface area is 180 Å². The third-order valence-corrected chi connectivity index (χ3v) is 8.21. The molecule has 0 N–H and O–H groups in total. The number of halogens is 3. The van der Waals surface area contributed by atoms with E-state index in [2.05, 4.69) is 0 Å². The van der Waals surface area contributed by atoms with E-state index in [0.717, 1.165) is 5.56 Å². The van der Waals surface area contributed by atoms with E-state index >= 15 is 0 Å². The van der Waals surface area contributed by atoms with Crippen LogP contribution in [0.15, 0.2) is 24.3 Å². The molecule has 0 bridgehead atoms. The number of carbonyl (C=O) groups is 2. The standard InChI is InChI=1S/C21H22Cl3O3P/c1-11(2)10-28(27,20(25)18-13(4)6-12(3)7-14(18)5)21(26)19-16(23)8-15(22)9-17(19)24/h6-9,11H,10H2,1-5H3. The van der Waals surface area contributed by atoms with Crippen LogP contribution in [0.4, 0.5) is 0 Å². The summed E-state index contributed by atoms with van der Waals surface area (Å²) in [6.07, 6.45) is -0.0628. The fourth-order valence-corrected chi connectivity index (χ4v) is 7.38. The summed E-state index contributed by atoms with van der Waals surface area (Å²) in [5.41, 5.74) is 1.10. The predicted molar refractivity (Wildman–Crippen MR) is 118 cm³/mol. The van der Waals surface area contributed by atoms with Crippen LogP contribution in [-0.4, -0.2) is 17.2 Å². The molecule has 0 aliphatic rings. The Morgan fingerprint density at radius 2 is 1.29 bits per heavy atom. The zero-order valence-electron chi connectivity index (χ0n) is 16.4.